The number of fused-ring (bicyclic) bond motifs is 1. The smallest absolute Gasteiger partial charge is 0.213 e. The highest BCUT2D eigenvalue weighted by molar-refractivity contribution is 5.82. The molecule has 0 amide bonds. The number of aromatic nitrogens is 3. The van der Waals surface area contributed by atoms with E-state index in [2.05, 4.69) is 15.1 Å². The average Bonchev–Trinajstić information content (AvgIpc) is 2.91. The molecule has 0 fully saturated rings. The van der Waals surface area contributed by atoms with Crippen LogP contribution in [0.1, 0.15) is 17.4 Å². The summed E-state index contributed by atoms with van der Waals surface area (Å²) in [5.41, 5.74) is 7.86. The van der Waals surface area contributed by atoms with Crippen LogP contribution in [-0.2, 0) is 0 Å². The molecule has 2 heterocycles. The van der Waals surface area contributed by atoms with E-state index in [4.69, 9.17) is 10.3 Å². The van der Waals surface area contributed by atoms with Crippen LogP contribution in [0.5, 0.6) is 0 Å². The van der Waals surface area contributed by atoms with Gasteiger partial charge in [0.05, 0.1) is 11.6 Å². The van der Waals surface area contributed by atoms with E-state index in [1.807, 2.05) is 30.3 Å². The van der Waals surface area contributed by atoms with Crippen LogP contribution in [0.2, 0.25) is 0 Å². The molecule has 2 aromatic heterocycles. The first kappa shape index (κ1) is 9.92. The van der Waals surface area contributed by atoms with Crippen molar-refractivity contribution >= 4 is 10.9 Å². The van der Waals surface area contributed by atoms with E-state index in [0.29, 0.717) is 5.82 Å². The maximum Gasteiger partial charge on any atom is 0.213 e. The first-order valence-corrected chi connectivity index (χ1v) is 5.22. The Labute approximate surface area is 97.3 Å². The molecule has 3 rings (SSSR count). The molecule has 3 aromatic rings. The van der Waals surface area contributed by atoms with Crippen LogP contribution >= 0.6 is 0 Å². The monoisotopic (exact) mass is 226 g/mol. The van der Waals surface area contributed by atoms with Gasteiger partial charge in [-0.15, -0.1) is 0 Å². The molecular weight excluding hydrogens is 216 g/mol. The molecule has 17 heavy (non-hydrogen) atoms. The number of nitrogens with two attached hydrogens (primary N) is 1. The number of pyridine rings is 1. The summed E-state index contributed by atoms with van der Waals surface area (Å²) >= 11 is 0. The van der Waals surface area contributed by atoms with Crippen LogP contribution < -0.4 is 5.73 Å². The predicted octanol–water partition coefficient (Wildman–Crippen LogP) is 1.67. The number of rotatable bonds is 2. The summed E-state index contributed by atoms with van der Waals surface area (Å²) < 4.78 is 4.71. The third kappa shape index (κ3) is 1.66. The molecule has 0 saturated heterocycles. The van der Waals surface area contributed by atoms with E-state index in [-0.39, 0.29) is 0 Å². The fraction of sp³-hybridized carbons (Fsp3) is 0.0833. The molecule has 0 radical (unpaired) electrons. The predicted molar refractivity (Wildman–Crippen MR) is 62.1 cm³/mol. The minimum atomic E-state index is -0.424. The fourth-order valence-electron chi connectivity index (χ4n) is 1.83. The number of hydrogen-bond donors (Lipinski definition) is 1. The van der Waals surface area contributed by atoms with Crippen LogP contribution in [0, 0.1) is 0 Å². The van der Waals surface area contributed by atoms with Gasteiger partial charge in [-0.1, -0.05) is 29.4 Å². The Morgan fingerprint density at radius 3 is 2.82 bits per heavy atom. The molecule has 0 aliphatic carbocycles. The van der Waals surface area contributed by atoms with Gasteiger partial charge in [0.1, 0.15) is 0 Å². The highest BCUT2D eigenvalue weighted by atomic mass is 16.5. The lowest BCUT2D eigenvalue weighted by molar-refractivity contribution is 0.407. The molecule has 0 bridgehead atoms. The van der Waals surface area contributed by atoms with Crippen LogP contribution in [0.4, 0.5) is 0 Å². The Kier molecular flexibility index (Phi) is 2.31. The Morgan fingerprint density at radius 1 is 1.12 bits per heavy atom. The molecular formula is C12H10N4O. The molecule has 5 heteroatoms. The van der Waals surface area contributed by atoms with Crippen LogP contribution in [0.25, 0.3) is 10.9 Å². The third-order valence-corrected chi connectivity index (χ3v) is 2.66. The Morgan fingerprint density at radius 2 is 2.00 bits per heavy atom. The molecule has 1 atom stereocenters. The quantitative estimate of drug-likeness (QED) is 0.719. The molecule has 0 saturated carbocycles. The zero-order valence-corrected chi connectivity index (χ0v) is 8.95. The van der Waals surface area contributed by atoms with Gasteiger partial charge in [-0.05, 0) is 6.07 Å². The van der Waals surface area contributed by atoms with Gasteiger partial charge in [-0.3, -0.25) is 4.98 Å². The van der Waals surface area contributed by atoms with Crippen molar-refractivity contribution in [2.75, 3.05) is 0 Å². The lowest BCUT2D eigenvalue weighted by Gasteiger charge is -2.09. The second-order valence-electron chi connectivity index (χ2n) is 3.69. The maximum atomic E-state index is 6.10. The van der Waals surface area contributed by atoms with E-state index >= 15 is 0 Å². The van der Waals surface area contributed by atoms with Gasteiger partial charge in [0.25, 0.3) is 0 Å². The summed E-state index contributed by atoms with van der Waals surface area (Å²) in [4.78, 5) is 8.31. The van der Waals surface area contributed by atoms with E-state index in [0.717, 1.165) is 16.5 Å². The van der Waals surface area contributed by atoms with E-state index < -0.39 is 6.04 Å². The number of hydrogen-bond acceptors (Lipinski definition) is 5. The second kappa shape index (κ2) is 3.95. The summed E-state index contributed by atoms with van der Waals surface area (Å²) in [6.07, 6.45) is 3.02. The first-order valence-electron chi connectivity index (χ1n) is 5.22. The zero-order chi connectivity index (χ0) is 11.7. The molecule has 1 aromatic carbocycles. The molecule has 5 nitrogen and oxygen atoms in total. The van der Waals surface area contributed by atoms with Crippen molar-refractivity contribution in [3.8, 4) is 0 Å². The van der Waals surface area contributed by atoms with E-state index in [1.54, 1.807) is 6.20 Å². The molecule has 0 spiro atoms. The highest BCUT2D eigenvalue weighted by Crippen LogP contribution is 2.23. The first-order chi connectivity index (χ1) is 8.36. The summed E-state index contributed by atoms with van der Waals surface area (Å²) in [7, 11) is 0. The van der Waals surface area contributed by atoms with Gasteiger partial charge in [-0.2, -0.15) is 4.98 Å². The van der Waals surface area contributed by atoms with Crippen molar-refractivity contribution in [3.63, 3.8) is 0 Å². The van der Waals surface area contributed by atoms with Crippen LogP contribution in [0.3, 0.4) is 0 Å². The lowest BCUT2D eigenvalue weighted by Crippen LogP contribution is -2.14. The van der Waals surface area contributed by atoms with Crippen molar-refractivity contribution in [1.82, 2.24) is 15.1 Å². The largest absolute Gasteiger partial charge is 0.343 e. The van der Waals surface area contributed by atoms with Gasteiger partial charge in [0, 0.05) is 17.1 Å². The second-order valence-corrected chi connectivity index (χ2v) is 3.69. The normalized spacial score (nSPS) is 12.8. The molecule has 2 N–H and O–H groups in total. The van der Waals surface area contributed by atoms with E-state index in [1.165, 1.54) is 6.39 Å². The van der Waals surface area contributed by atoms with Gasteiger partial charge < -0.3 is 10.3 Å². The van der Waals surface area contributed by atoms with Gasteiger partial charge in [0.15, 0.2) is 5.82 Å². The summed E-state index contributed by atoms with van der Waals surface area (Å²) in [5, 5.41) is 4.81. The number of benzene rings is 1. The van der Waals surface area contributed by atoms with Gasteiger partial charge >= 0.3 is 0 Å². The van der Waals surface area contributed by atoms with Crippen molar-refractivity contribution < 1.29 is 4.52 Å². The minimum Gasteiger partial charge on any atom is -0.343 e. The third-order valence-electron chi connectivity index (χ3n) is 2.66. The fourth-order valence-corrected chi connectivity index (χ4v) is 1.83. The molecule has 1 unspecified atom stereocenters. The molecule has 0 aliphatic rings. The Hall–Kier alpha value is -2.27. The average molecular weight is 226 g/mol. The van der Waals surface area contributed by atoms with Crippen molar-refractivity contribution in [2.45, 2.75) is 6.04 Å². The number of para-hydroxylation sites is 1. The van der Waals surface area contributed by atoms with Crippen molar-refractivity contribution in [1.29, 1.82) is 0 Å². The van der Waals surface area contributed by atoms with Crippen molar-refractivity contribution in [2.24, 2.45) is 5.73 Å². The summed E-state index contributed by atoms with van der Waals surface area (Å²) in [5.74, 6) is 0.461. The Balaban J connectivity index is 2.17. The van der Waals surface area contributed by atoms with Gasteiger partial charge in [0.2, 0.25) is 6.39 Å². The summed E-state index contributed by atoms with van der Waals surface area (Å²) in [6.45, 7) is 0. The van der Waals surface area contributed by atoms with Gasteiger partial charge in [-0.25, -0.2) is 0 Å². The lowest BCUT2D eigenvalue weighted by atomic mass is 10.0. The standard InChI is InChI=1S/C12H10N4O/c13-10(12-15-7-17-16-12)9-5-1-3-8-4-2-6-14-11(8)9/h1-7,10H,13H2. The van der Waals surface area contributed by atoms with Crippen LogP contribution in [-0.4, -0.2) is 15.1 Å². The molecule has 0 aliphatic heterocycles. The van der Waals surface area contributed by atoms with Crippen LogP contribution in [0.15, 0.2) is 47.4 Å². The SMILES string of the molecule is NC(c1ncon1)c1cccc2cccnc12. The highest BCUT2D eigenvalue weighted by Gasteiger charge is 2.16. The van der Waals surface area contributed by atoms with Crippen molar-refractivity contribution in [3.05, 3.63) is 54.3 Å². The molecule has 84 valence electrons. The topological polar surface area (TPSA) is 77.8 Å². The minimum absolute atomic E-state index is 0.424. The summed E-state index contributed by atoms with van der Waals surface area (Å²) in [6, 6.07) is 9.33. The van der Waals surface area contributed by atoms with E-state index in [9.17, 15) is 0 Å². The zero-order valence-electron chi connectivity index (χ0n) is 8.95. The maximum absolute atomic E-state index is 6.10. The number of nitrogens with zero attached hydrogens (tertiary/aromatic N) is 3. The Bertz CT molecular complexity index is 631.